The summed E-state index contributed by atoms with van der Waals surface area (Å²) in [6.07, 6.45) is 5.75. The summed E-state index contributed by atoms with van der Waals surface area (Å²) in [5, 5.41) is 3.44. The molecule has 1 fully saturated rings. The molecule has 2 aliphatic rings. The summed E-state index contributed by atoms with van der Waals surface area (Å²) >= 11 is 0. The molecule has 19 heavy (non-hydrogen) atoms. The van der Waals surface area contributed by atoms with E-state index in [0.717, 1.165) is 38.2 Å². The first-order valence-corrected chi connectivity index (χ1v) is 7.46. The third kappa shape index (κ3) is 2.65. The minimum atomic E-state index is 0.0580. The molecule has 4 nitrogen and oxygen atoms in total. The number of methoxy groups -OCH3 is 1. The SMILES string of the molecule is CCCC(OC)c1nc2c(c(C3CC3)n1)CNCC2. The largest absolute Gasteiger partial charge is 0.373 e. The van der Waals surface area contributed by atoms with Gasteiger partial charge in [0.25, 0.3) is 0 Å². The lowest BCUT2D eigenvalue weighted by molar-refractivity contribution is 0.0871. The Hall–Kier alpha value is -1.00. The summed E-state index contributed by atoms with van der Waals surface area (Å²) in [6.45, 7) is 4.14. The molecule has 4 heteroatoms. The van der Waals surface area contributed by atoms with Crippen LogP contribution < -0.4 is 5.32 Å². The monoisotopic (exact) mass is 261 g/mol. The quantitative estimate of drug-likeness (QED) is 0.884. The highest BCUT2D eigenvalue weighted by Gasteiger charge is 2.31. The molecule has 1 aromatic rings. The first-order chi connectivity index (χ1) is 9.33. The molecular weight excluding hydrogens is 238 g/mol. The van der Waals surface area contributed by atoms with Gasteiger partial charge in [0.2, 0.25) is 0 Å². The highest BCUT2D eigenvalue weighted by Crippen LogP contribution is 2.42. The molecule has 0 amide bonds. The zero-order valence-corrected chi connectivity index (χ0v) is 11.9. The van der Waals surface area contributed by atoms with Crippen molar-refractivity contribution in [1.82, 2.24) is 15.3 Å². The van der Waals surface area contributed by atoms with Gasteiger partial charge in [-0.15, -0.1) is 0 Å². The van der Waals surface area contributed by atoms with Crippen LogP contribution in [0.4, 0.5) is 0 Å². The number of ether oxygens (including phenoxy) is 1. The maximum Gasteiger partial charge on any atom is 0.157 e. The van der Waals surface area contributed by atoms with Gasteiger partial charge in [0.05, 0.1) is 11.4 Å². The Kier molecular flexibility index (Phi) is 3.80. The molecule has 0 aromatic carbocycles. The lowest BCUT2D eigenvalue weighted by Crippen LogP contribution is -2.27. The van der Waals surface area contributed by atoms with E-state index in [-0.39, 0.29) is 6.10 Å². The molecule has 104 valence electrons. The summed E-state index contributed by atoms with van der Waals surface area (Å²) < 4.78 is 5.58. The summed E-state index contributed by atoms with van der Waals surface area (Å²) in [6, 6.07) is 0. The Morgan fingerprint density at radius 3 is 2.89 bits per heavy atom. The molecule has 2 heterocycles. The van der Waals surface area contributed by atoms with Crippen molar-refractivity contribution in [2.45, 2.75) is 57.6 Å². The first kappa shape index (κ1) is 13.0. The zero-order valence-electron chi connectivity index (χ0n) is 11.9. The number of nitrogens with one attached hydrogen (secondary N) is 1. The third-order valence-electron chi connectivity index (χ3n) is 4.07. The van der Waals surface area contributed by atoms with Gasteiger partial charge < -0.3 is 10.1 Å². The molecule has 0 saturated heterocycles. The average Bonchev–Trinajstić information content (AvgIpc) is 3.28. The van der Waals surface area contributed by atoms with Crippen molar-refractivity contribution in [1.29, 1.82) is 0 Å². The summed E-state index contributed by atoms with van der Waals surface area (Å²) in [5.41, 5.74) is 3.91. The van der Waals surface area contributed by atoms with Crippen molar-refractivity contribution >= 4 is 0 Å². The molecule has 1 atom stereocenters. The molecule has 0 spiro atoms. The number of rotatable bonds is 5. The molecule has 1 aliphatic carbocycles. The summed E-state index contributed by atoms with van der Waals surface area (Å²) in [7, 11) is 1.77. The van der Waals surface area contributed by atoms with Crippen molar-refractivity contribution in [3.63, 3.8) is 0 Å². The highest BCUT2D eigenvalue weighted by molar-refractivity contribution is 5.33. The van der Waals surface area contributed by atoms with Crippen molar-refractivity contribution in [2.75, 3.05) is 13.7 Å². The Labute approximate surface area is 115 Å². The Bertz CT molecular complexity index is 457. The molecule has 1 N–H and O–H groups in total. The lowest BCUT2D eigenvalue weighted by atomic mass is 10.0. The fraction of sp³-hybridized carbons (Fsp3) is 0.733. The van der Waals surface area contributed by atoms with Gasteiger partial charge in [-0.05, 0) is 19.3 Å². The van der Waals surface area contributed by atoms with Gasteiger partial charge in [0.15, 0.2) is 5.82 Å². The molecule has 1 aromatic heterocycles. The Morgan fingerprint density at radius 1 is 1.37 bits per heavy atom. The van der Waals surface area contributed by atoms with Gasteiger partial charge in [-0.25, -0.2) is 9.97 Å². The van der Waals surface area contributed by atoms with Crippen LogP contribution >= 0.6 is 0 Å². The van der Waals surface area contributed by atoms with Gasteiger partial charge >= 0.3 is 0 Å². The molecule has 1 saturated carbocycles. The maximum absolute atomic E-state index is 5.58. The topological polar surface area (TPSA) is 47.0 Å². The average molecular weight is 261 g/mol. The van der Waals surface area contributed by atoms with Gasteiger partial charge in [-0.1, -0.05) is 13.3 Å². The highest BCUT2D eigenvalue weighted by atomic mass is 16.5. The van der Waals surface area contributed by atoms with Gasteiger partial charge in [-0.3, -0.25) is 0 Å². The molecular formula is C15H23N3O. The second kappa shape index (κ2) is 5.55. The van der Waals surface area contributed by atoms with Crippen LogP contribution in [0.25, 0.3) is 0 Å². The van der Waals surface area contributed by atoms with Crippen LogP contribution in [0.2, 0.25) is 0 Å². The lowest BCUT2D eigenvalue weighted by Gasteiger charge is -2.22. The molecule has 1 aliphatic heterocycles. The van der Waals surface area contributed by atoms with Crippen molar-refractivity contribution in [3.05, 3.63) is 22.8 Å². The maximum atomic E-state index is 5.58. The van der Waals surface area contributed by atoms with E-state index in [1.807, 2.05) is 0 Å². The number of hydrogen-bond donors (Lipinski definition) is 1. The minimum absolute atomic E-state index is 0.0580. The normalized spacial score (nSPS) is 20.1. The smallest absolute Gasteiger partial charge is 0.157 e. The van der Waals surface area contributed by atoms with Crippen LogP contribution in [0.3, 0.4) is 0 Å². The summed E-state index contributed by atoms with van der Waals surface area (Å²) in [4.78, 5) is 9.66. The van der Waals surface area contributed by atoms with Crippen LogP contribution in [0.5, 0.6) is 0 Å². The van der Waals surface area contributed by atoms with Gasteiger partial charge in [-0.2, -0.15) is 0 Å². The fourth-order valence-corrected chi connectivity index (χ4v) is 2.84. The van der Waals surface area contributed by atoms with Gasteiger partial charge in [0.1, 0.15) is 6.10 Å². The number of fused-ring (bicyclic) bond motifs is 1. The van der Waals surface area contributed by atoms with E-state index in [1.54, 1.807) is 7.11 Å². The van der Waals surface area contributed by atoms with Crippen LogP contribution in [-0.2, 0) is 17.7 Å². The van der Waals surface area contributed by atoms with Crippen molar-refractivity contribution in [3.8, 4) is 0 Å². The number of hydrogen-bond acceptors (Lipinski definition) is 4. The van der Waals surface area contributed by atoms with E-state index in [4.69, 9.17) is 14.7 Å². The van der Waals surface area contributed by atoms with E-state index >= 15 is 0 Å². The minimum Gasteiger partial charge on any atom is -0.373 e. The summed E-state index contributed by atoms with van der Waals surface area (Å²) in [5.74, 6) is 1.58. The predicted molar refractivity (Wildman–Crippen MR) is 74.1 cm³/mol. The van der Waals surface area contributed by atoms with E-state index in [1.165, 1.54) is 29.8 Å². The van der Waals surface area contributed by atoms with E-state index in [2.05, 4.69) is 12.2 Å². The van der Waals surface area contributed by atoms with E-state index < -0.39 is 0 Å². The number of aromatic nitrogens is 2. The Balaban J connectivity index is 1.98. The molecule has 0 bridgehead atoms. The Morgan fingerprint density at radius 2 is 2.21 bits per heavy atom. The third-order valence-corrected chi connectivity index (χ3v) is 4.07. The standard InChI is InChI=1S/C15H23N3O/c1-3-4-13(19-2)15-17-12-7-8-16-9-11(12)14(18-15)10-5-6-10/h10,13,16H,3-9H2,1-2H3. The molecule has 3 rings (SSSR count). The van der Waals surface area contributed by atoms with Crippen LogP contribution in [-0.4, -0.2) is 23.6 Å². The fourth-order valence-electron chi connectivity index (χ4n) is 2.84. The zero-order chi connectivity index (χ0) is 13.2. The molecule has 0 radical (unpaired) electrons. The van der Waals surface area contributed by atoms with Crippen LogP contribution in [0.15, 0.2) is 0 Å². The first-order valence-electron chi connectivity index (χ1n) is 7.46. The second-order valence-electron chi connectivity index (χ2n) is 5.61. The predicted octanol–water partition coefficient (Wildman–Crippen LogP) is 2.49. The molecule has 1 unspecified atom stereocenters. The van der Waals surface area contributed by atoms with Crippen molar-refractivity contribution < 1.29 is 4.74 Å². The second-order valence-corrected chi connectivity index (χ2v) is 5.61. The van der Waals surface area contributed by atoms with E-state index in [0.29, 0.717) is 5.92 Å². The number of nitrogens with zero attached hydrogens (tertiary/aromatic N) is 2. The van der Waals surface area contributed by atoms with Crippen LogP contribution in [0.1, 0.15) is 67.4 Å². The van der Waals surface area contributed by atoms with Gasteiger partial charge in [0, 0.05) is 38.1 Å². The van der Waals surface area contributed by atoms with Crippen LogP contribution in [0, 0.1) is 0 Å². The van der Waals surface area contributed by atoms with E-state index in [9.17, 15) is 0 Å². The van der Waals surface area contributed by atoms with Crippen molar-refractivity contribution in [2.24, 2.45) is 0 Å².